The Kier molecular flexibility index (Phi) is 6.23. The fraction of sp³-hybridized carbons (Fsp3) is 0.750. The number of aryl methyl sites for hydroxylation is 1. The van der Waals surface area contributed by atoms with Crippen LogP contribution in [0.25, 0.3) is 0 Å². The molecule has 2 heterocycles. The van der Waals surface area contributed by atoms with Gasteiger partial charge in [0, 0.05) is 25.6 Å². The zero-order valence-corrected chi connectivity index (χ0v) is 13.7. The fourth-order valence-electron chi connectivity index (χ4n) is 2.83. The molecule has 0 atom stereocenters. The van der Waals surface area contributed by atoms with Gasteiger partial charge in [0.15, 0.2) is 0 Å². The van der Waals surface area contributed by atoms with Crippen molar-refractivity contribution in [3.63, 3.8) is 0 Å². The molecule has 0 spiro atoms. The zero-order valence-electron chi connectivity index (χ0n) is 13.7. The molecule has 1 aliphatic heterocycles. The summed E-state index contributed by atoms with van der Waals surface area (Å²) in [6.07, 6.45) is 5.90. The van der Waals surface area contributed by atoms with E-state index in [1.165, 1.54) is 38.9 Å². The van der Waals surface area contributed by atoms with Gasteiger partial charge in [-0.1, -0.05) is 6.92 Å². The summed E-state index contributed by atoms with van der Waals surface area (Å²) in [6, 6.07) is 0. The molecule has 1 aromatic heterocycles. The second kappa shape index (κ2) is 8.17. The van der Waals surface area contributed by atoms with E-state index in [1.54, 1.807) is 0 Å². The minimum Gasteiger partial charge on any atom is -0.373 e. The average molecular weight is 291 g/mol. The molecule has 5 nitrogen and oxygen atoms in total. The van der Waals surface area contributed by atoms with E-state index < -0.39 is 0 Å². The number of rotatable bonds is 8. The Balaban J connectivity index is 1.89. The van der Waals surface area contributed by atoms with Crippen LogP contribution in [0.2, 0.25) is 0 Å². The highest BCUT2D eigenvalue weighted by molar-refractivity contribution is 5.56. The third-order valence-electron chi connectivity index (χ3n) is 4.04. The van der Waals surface area contributed by atoms with Crippen LogP contribution in [-0.2, 0) is 6.42 Å². The number of nitrogens with one attached hydrogen (secondary N) is 2. The molecule has 0 unspecified atom stereocenters. The first kappa shape index (κ1) is 16.0. The lowest BCUT2D eigenvalue weighted by Crippen LogP contribution is -2.22. The Morgan fingerprint density at radius 1 is 1.14 bits per heavy atom. The predicted molar refractivity (Wildman–Crippen MR) is 89.1 cm³/mol. The van der Waals surface area contributed by atoms with E-state index in [4.69, 9.17) is 0 Å². The number of hydrogen-bond donors (Lipinski definition) is 2. The summed E-state index contributed by atoms with van der Waals surface area (Å²) in [6.45, 7) is 8.95. The highest BCUT2D eigenvalue weighted by atomic mass is 15.1. The smallest absolute Gasteiger partial charge is 0.134 e. The second-order valence-corrected chi connectivity index (χ2v) is 5.79. The van der Waals surface area contributed by atoms with Gasteiger partial charge in [-0.2, -0.15) is 0 Å². The Morgan fingerprint density at radius 2 is 1.86 bits per heavy atom. The van der Waals surface area contributed by atoms with Crippen molar-refractivity contribution in [3.8, 4) is 0 Å². The molecule has 5 heteroatoms. The van der Waals surface area contributed by atoms with Gasteiger partial charge in [-0.05, 0) is 52.2 Å². The molecule has 21 heavy (non-hydrogen) atoms. The van der Waals surface area contributed by atoms with Crippen LogP contribution in [-0.4, -0.2) is 48.1 Å². The van der Waals surface area contributed by atoms with Crippen LogP contribution in [0.5, 0.6) is 0 Å². The van der Waals surface area contributed by atoms with Crippen molar-refractivity contribution < 1.29 is 0 Å². The normalized spacial score (nSPS) is 15.4. The van der Waals surface area contributed by atoms with Gasteiger partial charge >= 0.3 is 0 Å². The van der Waals surface area contributed by atoms with Crippen molar-refractivity contribution in [1.29, 1.82) is 0 Å². The van der Waals surface area contributed by atoms with Crippen molar-refractivity contribution in [2.75, 3.05) is 43.9 Å². The maximum Gasteiger partial charge on any atom is 0.134 e. The molecule has 1 fully saturated rings. The maximum absolute atomic E-state index is 4.66. The summed E-state index contributed by atoms with van der Waals surface area (Å²) in [5, 5.41) is 6.66. The van der Waals surface area contributed by atoms with E-state index in [0.29, 0.717) is 0 Å². The summed E-state index contributed by atoms with van der Waals surface area (Å²) in [4.78, 5) is 11.8. The van der Waals surface area contributed by atoms with Gasteiger partial charge in [-0.3, -0.25) is 0 Å². The van der Waals surface area contributed by atoms with Crippen LogP contribution in [0.15, 0.2) is 0 Å². The van der Waals surface area contributed by atoms with E-state index in [9.17, 15) is 0 Å². The Morgan fingerprint density at radius 3 is 2.52 bits per heavy atom. The molecule has 118 valence electrons. The van der Waals surface area contributed by atoms with Gasteiger partial charge in [0.05, 0.1) is 0 Å². The summed E-state index contributed by atoms with van der Waals surface area (Å²) >= 11 is 0. The van der Waals surface area contributed by atoms with E-state index in [2.05, 4.69) is 39.3 Å². The van der Waals surface area contributed by atoms with Crippen molar-refractivity contribution in [3.05, 3.63) is 11.4 Å². The highest BCUT2D eigenvalue weighted by Crippen LogP contribution is 2.20. The first-order chi connectivity index (χ1) is 10.2. The molecule has 0 aliphatic carbocycles. The summed E-state index contributed by atoms with van der Waals surface area (Å²) in [5.74, 6) is 2.85. The molecule has 0 saturated carbocycles. The lowest BCUT2D eigenvalue weighted by atomic mass is 10.2. The molecule has 1 aliphatic rings. The summed E-state index contributed by atoms with van der Waals surface area (Å²) < 4.78 is 0. The zero-order chi connectivity index (χ0) is 15.1. The van der Waals surface area contributed by atoms with Crippen molar-refractivity contribution in [2.24, 2.45) is 0 Å². The molecule has 0 aromatic carbocycles. The lowest BCUT2D eigenvalue weighted by Gasteiger charge is -2.16. The van der Waals surface area contributed by atoms with Gasteiger partial charge in [-0.15, -0.1) is 0 Å². The van der Waals surface area contributed by atoms with E-state index in [-0.39, 0.29) is 0 Å². The van der Waals surface area contributed by atoms with Crippen LogP contribution >= 0.6 is 0 Å². The number of aromatic nitrogens is 2. The van der Waals surface area contributed by atoms with Gasteiger partial charge in [-0.25, -0.2) is 9.97 Å². The second-order valence-electron chi connectivity index (χ2n) is 5.79. The Bertz CT molecular complexity index is 441. The van der Waals surface area contributed by atoms with Crippen LogP contribution in [0.3, 0.4) is 0 Å². The SMILES string of the molecule is CCCc1nc(NC)c(C)c(NCCCN2CCCC2)n1. The minimum absolute atomic E-state index is 0.925. The predicted octanol–water partition coefficient (Wildman–Crippen LogP) is 2.68. The number of anilines is 2. The highest BCUT2D eigenvalue weighted by Gasteiger charge is 2.11. The summed E-state index contributed by atoms with van der Waals surface area (Å²) in [5.41, 5.74) is 1.11. The molecule has 2 N–H and O–H groups in total. The van der Waals surface area contributed by atoms with Crippen molar-refractivity contribution >= 4 is 11.6 Å². The molecular formula is C16H29N5. The molecular weight excluding hydrogens is 262 g/mol. The van der Waals surface area contributed by atoms with Crippen LogP contribution in [0.4, 0.5) is 11.6 Å². The molecule has 0 radical (unpaired) electrons. The van der Waals surface area contributed by atoms with E-state index >= 15 is 0 Å². The molecule has 0 bridgehead atoms. The number of hydrogen-bond acceptors (Lipinski definition) is 5. The third-order valence-corrected chi connectivity index (χ3v) is 4.04. The van der Waals surface area contributed by atoms with Gasteiger partial charge in [0.25, 0.3) is 0 Å². The maximum atomic E-state index is 4.66. The average Bonchev–Trinajstić information content (AvgIpc) is 2.99. The summed E-state index contributed by atoms with van der Waals surface area (Å²) in [7, 11) is 1.92. The number of likely N-dealkylation sites (tertiary alicyclic amines) is 1. The monoisotopic (exact) mass is 291 g/mol. The van der Waals surface area contributed by atoms with E-state index in [1.807, 2.05) is 7.05 Å². The standard InChI is InChI=1S/C16H29N5/c1-4-8-14-19-15(17-3)13(2)16(20-14)18-9-7-12-21-10-5-6-11-21/h4-12H2,1-3H3,(H2,17,18,19,20). The largest absolute Gasteiger partial charge is 0.373 e. The first-order valence-corrected chi connectivity index (χ1v) is 8.26. The topological polar surface area (TPSA) is 53.1 Å². The quantitative estimate of drug-likeness (QED) is 0.721. The number of nitrogens with zero attached hydrogens (tertiary/aromatic N) is 3. The Labute approximate surface area is 128 Å². The van der Waals surface area contributed by atoms with Gasteiger partial charge < -0.3 is 15.5 Å². The third kappa shape index (κ3) is 4.56. The molecule has 2 rings (SSSR count). The first-order valence-electron chi connectivity index (χ1n) is 8.26. The van der Waals surface area contributed by atoms with Crippen LogP contribution in [0, 0.1) is 6.92 Å². The van der Waals surface area contributed by atoms with E-state index in [0.717, 1.165) is 42.4 Å². The molecule has 1 aromatic rings. The lowest BCUT2D eigenvalue weighted by molar-refractivity contribution is 0.337. The van der Waals surface area contributed by atoms with Crippen molar-refractivity contribution in [1.82, 2.24) is 14.9 Å². The molecule has 0 amide bonds. The van der Waals surface area contributed by atoms with Gasteiger partial charge in [0.1, 0.15) is 17.5 Å². The fourth-order valence-corrected chi connectivity index (χ4v) is 2.83. The molecule has 1 saturated heterocycles. The van der Waals surface area contributed by atoms with Crippen LogP contribution < -0.4 is 10.6 Å². The van der Waals surface area contributed by atoms with Crippen LogP contribution in [0.1, 0.15) is 44.0 Å². The Hall–Kier alpha value is -1.36. The minimum atomic E-state index is 0.925. The van der Waals surface area contributed by atoms with Gasteiger partial charge in [0.2, 0.25) is 0 Å². The van der Waals surface area contributed by atoms with Crippen molar-refractivity contribution in [2.45, 2.75) is 46.0 Å².